The first kappa shape index (κ1) is 12.8. The Balaban J connectivity index is 2.27. The molecular weight excluding hydrogens is 261 g/mol. The van der Waals surface area contributed by atoms with Crippen LogP contribution in [0.1, 0.15) is 11.7 Å². The van der Waals surface area contributed by atoms with Crippen LogP contribution in [0.4, 0.5) is 9.18 Å². The molecule has 2 unspecified atom stereocenters. The van der Waals surface area contributed by atoms with Crippen LogP contribution in [0.3, 0.4) is 0 Å². The lowest BCUT2D eigenvalue weighted by Crippen LogP contribution is -2.29. The third kappa shape index (κ3) is 2.45. The van der Waals surface area contributed by atoms with Crippen molar-refractivity contribution in [3.63, 3.8) is 0 Å². The zero-order valence-corrected chi connectivity index (χ0v) is 10.4. The monoisotopic (exact) mass is 273 g/mol. The van der Waals surface area contributed by atoms with Gasteiger partial charge < -0.3 is 10.1 Å². The minimum absolute atomic E-state index is 0.167. The minimum Gasteiger partial charge on any atom is -0.439 e. The van der Waals surface area contributed by atoms with Gasteiger partial charge in [-0.05, 0) is 17.7 Å². The van der Waals surface area contributed by atoms with Crippen molar-refractivity contribution in [2.24, 2.45) is 0 Å². The lowest BCUT2D eigenvalue weighted by Gasteiger charge is -2.14. The highest BCUT2D eigenvalue weighted by Crippen LogP contribution is 2.27. The predicted molar refractivity (Wildman–Crippen MR) is 61.7 cm³/mol. The lowest BCUT2D eigenvalue weighted by atomic mass is 10.0. The molecule has 2 rings (SSSR count). The largest absolute Gasteiger partial charge is 0.439 e. The summed E-state index contributed by atoms with van der Waals surface area (Å²) in [5.41, 5.74) is 0.559. The first-order chi connectivity index (χ1) is 8.41. The molecule has 1 fully saturated rings. The van der Waals surface area contributed by atoms with E-state index in [0.717, 1.165) is 6.26 Å². The van der Waals surface area contributed by atoms with Gasteiger partial charge in [0.05, 0.1) is 4.90 Å². The van der Waals surface area contributed by atoms with Gasteiger partial charge in [-0.2, -0.15) is 0 Å². The SMILES string of the molecule is CS(=O)(=O)c1ccc(C2OC(=O)NC2CF)cc1. The zero-order chi connectivity index (χ0) is 13.3. The minimum atomic E-state index is -3.27. The third-order valence-corrected chi connectivity index (χ3v) is 3.83. The molecule has 1 heterocycles. The highest BCUT2D eigenvalue weighted by atomic mass is 32.2. The molecule has 98 valence electrons. The normalized spacial score (nSPS) is 23.6. The number of benzene rings is 1. The number of sulfone groups is 1. The van der Waals surface area contributed by atoms with E-state index in [4.69, 9.17) is 4.74 Å². The Morgan fingerprint density at radius 1 is 1.33 bits per heavy atom. The molecule has 0 aliphatic carbocycles. The van der Waals surface area contributed by atoms with E-state index in [1.807, 2.05) is 0 Å². The van der Waals surface area contributed by atoms with E-state index < -0.39 is 34.8 Å². The summed E-state index contributed by atoms with van der Waals surface area (Å²) < 4.78 is 40.2. The first-order valence-electron chi connectivity index (χ1n) is 5.25. The number of hydrogen-bond donors (Lipinski definition) is 1. The molecular formula is C11H12FNO4S. The van der Waals surface area contributed by atoms with E-state index in [0.29, 0.717) is 5.56 Å². The van der Waals surface area contributed by atoms with Crippen LogP contribution in [0.15, 0.2) is 29.2 Å². The molecule has 1 aliphatic heterocycles. The summed E-state index contributed by atoms with van der Waals surface area (Å²) in [4.78, 5) is 11.2. The van der Waals surface area contributed by atoms with Crippen LogP contribution in [0.5, 0.6) is 0 Å². The van der Waals surface area contributed by atoms with E-state index in [-0.39, 0.29) is 4.90 Å². The molecule has 0 bridgehead atoms. The predicted octanol–water partition coefficient (Wildman–Crippen LogP) is 1.21. The van der Waals surface area contributed by atoms with Gasteiger partial charge in [0.1, 0.15) is 12.7 Å². The van der Waals surface area contributed by atoms with Crippen molar-refractivity contribution >= 4 is 15.9 Å². The van der Waals surface area contributed by atoms with Gasteiger partial charge in [0.2, 0.25) is 0 Å². The average Bonchev–Trinajstić information content (AvgIpc) is 2.69. The van der Waals surface area contributed by atoms with Gasteiger partial charge in [-0.15, -0.1) is 0 Å². The van der Waals surface area contributed by atoms with Gasteiger partial charge in [0.25, 0.3) is 0 Å². The second-order valence-electron chi connectivity index (χ2n) is 4.07. The topological polar surface area (TPSA) is 72.5 Å². The number of carbonyl (C=O) groups is 1. The number of hydrogen-bond acceptors (Lipinski definition) is 4. The van der Waals surface area contributed by atoms with E-state index in [9.17, 15) is 17.6 Å². The molecule has 5 nitrogen and oxygen atoms in total. The van der Waals surface area contributed by atoms with Crippen molar-refractivity contribution in [3.05, 3.63) is 29.8 Å². The maximum absolute atomic E-state index is 12.7. The van der Waals surface area contributed by atoms with Crippen molar-refractivity contribution in [1.82, 2.24) is 5.32 Å². The van der Waals surface area contributed by atoms with E-state index in [1.54, 1.807) is 0 Å². The highest BCUT2D eigenvalue weighted by molar-refractivity contribution is 7.90. The summed E-state index contributed by atoms with van der Waals surface area (Å²) >= 11 is 0. The first-order valence-corrected chi connectivity index (χ1v) is 7.14. The van der Waals surface area contributed by atoms with Crippen LogP contribution in [-0.4, -0.2) is 33.5 Å². The van der Waals surface area contributed by atoms with Gasteiger partial charge in [-0.1, -0.05) is 12.1 Å². The summed E-state index contributed by atoms with van der Waals surface area (Å²) in [7, 11) is -3.27. The average molecular weight is 273 g/mol. The Bertz CT molecular complexity index is 555. The molecule has 2 atom stereocenters. The Morgan fingerprint density at radius 3 is 2.44 bits per heavy atom. The second-order valence-corrected chi connectivity index (χ2v) is 6.09. The molecule has 1 aliphatic rings. The molecule has 0 aromatic heterocycles. The van der Waals surface area contributed by atoms with Crippen LogP contribution >= 0.6 is 0 Å². The smallest absolute Gasteiger partial charge is 0.408 e. The molecule has 1 aromatic rings. The molecule has 1 aromatic carbocycles. The Labute approximate surface area is 104 Å². The highest BCUT2D eigenvalue weighted by Gasteiger charge is 2.35. The third-order valence-electron chi connectivity index (χ3n) is 2.71. The van der Waals surface area contributed by atoms with Crippen molar-refractivity contribution in [2.45, 2.75) is 17.0 Å². The number of alkyl carbamates (subject to hydrolysis) is 1. The number of halogens is 1. The van der Waals surface area contributed by atoms with Crippen LogP contribution in [0.2, 0.25) is 0 Å². The van der Waals surface area contributed by atoms with Crippen LogP contribution in [0, 0.1) is 0 Å². The molecule has 0 spiro atoms. The lowest BCUT2D eigenvalue weighted by molar-refractivity contribution is 0.128. The zero-order valence-electron chi connectivity index (χ0n) is 9.59. The standard InChI is InChI=1S/C11H12FNO4S/c1-18(15,16)8-4-2-7(3-5-8)10-9(6-12)13-11(14)17-10/h2-5,9-10H,6H2,1H3,(H,13,14). The van der Waals surface area contributed by atoms with Crippen LogP contribution in [-0.2, 0) is 14.6 Å². The molecule has 1 N–H and O–H groups in total. The van der Waals surface area contributed by atoms with Gasteiger partial charge in [-0.25, -0.2) is 17.6 Å². The van der Waals surface area contributed by atoms with Crippen molar-refractivity contribution in [3.8, 4) is 0 Å². The van der Waals surface area contributed by atoms with Crippen LogP contribution in [0.25, 0.3) is 0 Å². The fraction of sp³-hybridized carbons (Fsp3) is 0.364. The Morgan fingerprint density at radius 2 is 1.94 bits per heavy atom. The summed E-state index contributed by atoms with van der Waals surface area (Å²) in [6.07, 6.45) is -0.297. The molecule has 1 saturated heterocycles. The van der Waals surface area contributed by atoms with Gasteiger partial charge >= 0.3 is 6.09 Å². The maximum Gasteiger partial charge on any atom is 0.408 e. The number of alkyl halides is 1. The number of ether oxygens (including phenoxy) is 1. The summed E-state index contributed by atoms with van der Waals surface area (Å²) in [5.74, 6) is 0. The molecule has 0 radical (unpaired) electrons. The van der Waals surface area contributed by atoms with Gasteiger partial charge in [0, 0.05) is 6.26 Å². The number of amides is 1. The van der Waals surface area contributed by atoms with E-state index in [1.165, 1.54) is 24.3 Å². The number of cyclic esters (lactones) is 1. The van der Waals surface area contributed by atoms with Crippen molar-refractivity contribution < 1.29 is 22.3 Å². The van der Waals surface area contributed by atoms with Crippen molar-refractivity contribution in [2.75, 3.05) is 12.9 Å². The molecule has 0 saturated carbocycles. The number of carbonyl (C=O) groups excluding carboxylic acids is 1. The molecule has 7 heteroatoms. The van der Waals surface area contributed by atoms with Crippen LogP contribution < -0.4 is 5.32 Å². The quantitative estimate of drug-likeness (QED) is 0.898. The second kappa shape index (κ2) is 4.56. The van der Waals surface area contributed by atoms with E-state index >= 15 is 0 Å². The van der Waals surface area contributed by atoms with Gasteiger partial charge in [-0.3, -0.25) is 0 Å². The summed E-state index contributed by atoms with van der Waals surface area (Å²) in [6, 6.07) is 5.12. The van der Waals surface area contributed by atoms with Gasteiger partial charge in [0.15, 0.2) is 15.9 Å². The fourth-order valence-corrected chi connectivity index (χ4v) is 2.41. The fourth-order valence-electron chi connectivity index (χ4n) is 1.78. The molecule has 18 heavy (non-hydrogen) atoms. The van der Waals surface area contributed by atoms with Crippen molar-refractivity contribution in [1.29, 1.82) is 0 Å². The maximum atomic E-state index is 12.7. The molecule has 1 amide bonds. The number of nitrogens with one attached hydrogen (secondary N) is 1. The Kier molecular flexibility index (Phi) is 3.25. The van der Waals surface area contributed by atoms with E-state index in [2.05, 4.69) is 5.32 Å². The Hall–Kier alpha value is -1.63. The number of rotatable bonds is 3. The summed E-state index contributed by atoms with van der Waals surface area (Å²) in [6.45, 7) is -0.746. The summed E-state index contributed by atoms with van der Waals surface area (Å²) in [5, 5.41) is 2.34.